The molecule has 4 heterocycles. The Labute approximate surface area is 210 Å². The average Bonchev–Trinajstić information content (AvgIpc) is 3.62. The van der Waals surface area contributed by atoms with Gasteiger partial charge in [-0.15, -0.1) is 0 Å². The van der Waals surface area contributed by atoms with E-state index in [0.717, 1.165) is 50.9 Å². The van der Waals surface area contributed by atoms with Crippen LogP contribution in [0.2, 0.25) is 0 Å². The van der Waals surface area contributed by atoms with Crippen molar-refractivity contribution in [1.29, 1.82) is 0 Å². The first kappa shape index (κ1) is 22.1. The fourth-order valence-corrected chi connectivity index (χ4v) is 4.95. The van der Waals surface area contributed by atoms with Gasteiger partial charge in [-0.05, 0) is 58.1 Å². The van der Waals surface area contributed by atoms with Crippen molar-refractivity contribution in [2.75, 3.05) is 12.0 Å². The van der Waals surface area contributed by atoms with E-state index in [1.54, 1.807) is 36.7 Å². The zero-order valence-corrected chi connectivity index (χ0v) is 20.7. The van der Waals surface area contributed by atoms with Gasteiger partial charge in [0.15, 0.2) is 0 Å². The number of amides is 1. The van der Waals surface area contributed by atoms with E-state index in [4.69, 9.17) is 14.5 Å². The lowest BCUT2D eigenvalue weighted by Gasteiger charge is -2.24. The number of nitrogens with zero attached hydrogens (tertiary/aromatic N) is 5. The highest BCUT2D eigenvalue weighted by molar-refractivity contribution is 9.10. The van der Waals surface area contributed by atoms with E-state index in [0.29, 0.717) is 42.8 Å². The smallest absolute Gasteiger partial charge is 0.261 e. The Bertz CT molecular complexity index is 1440. The second kappa shape index (κ2) is 8.98. The van der Waals surface area contributed by atoms with Gasteiger partial charge in [0, 0.05) is 35.5 Å². The highest BCUT2D eigenvalue weighted by atomic mass is 79.9. The summed E-state index contributed by atoms with van der Waals surface area (Å²) in [5.41, 5.74) is 5.01. The predicted molar refractivity (Wildman–Crippen MR) is 133 cm³/mol. The van der Waals surface area contributed by atoms with Crippen molar-refractivity contribution >= 4 is 38.4 Å². The van der Waals surface area contributed by atoms with Gasteiger partial charge in [-0.3, -0.25) is 9.69 Å². The number of benzene rings is 1. The first-order valence-electron chi connectivity index (χ1n) is 11.4. The van der Waals surface area contributed by atoms with Crippen molar-refractivity contribution in [3.05, 3.63) is 81.6 Å². The topological polar surface area (TPSA) is 90.3 Å². The fraction of sp³-hybridized carbons (Fsp3) is 0.269. The van der Waals surface area contributed by atoms with Crippen LogP contribution in [0.15, 0.2) is 53.5 Å². The monoisotopic (exact) mass is 531 g/mol. The molecule has 1 fully saturated rings. The molecule has 1 aromatic carbocycles. The van der Waals surface area contributed by atoms with Gasteiger partial charge in [0.1, 0.15) is 16.1 Å². The maximum absolute atomic E-state index is 13.7. The van der Waals surface area contributed by atoms with Crippen LogP contribution in [-0.2, 0) is 24.5 Å². The van der Waals surface area contributed by atoms with E-state index in [1.807, 2.05) is 24.3 Å². The van der Waals surface area contributed by atoms with Crippen LogP contribution < -0.4 is 9.64 Å². The Kier molecular flexibility index (Phi) is 5.66. The summed E-state index contributed by atoms with van der Waals surface area (Å²) in [6.45, 7) is 1.43. The minimum atomic E-state index is -0.227. The molecule has 3 aromatic heterocycles. The van der Waals surface area contributed by atoms with E-state index in [9.17, 15) is 4.79 Å². The lowest BCUT2D eigenvalue weighted by Crippen LogP contribution is -2.31. The molecule has 1 saturated carbocycles. The molecule has 35 heavy (non-hydrogen) atoms. The van der Waals surface area contributed by atoms with Gasteiger partial charge >= 0.3 is 0 Å². The van der Waals surface area contributed by atoms with Gasteiger partial charge in [-0.25, -0.2) is 19.9 Å². The fourth-order valence-electron chi connectivity index (χ4n) is 4.40. The van der Waals surface area contributed by atoms with Gasteiger partial charge < -0.3 is 9.47 Å². The minimum Gasteiger partial charge on any atom is -0.480 e. The first-order chi connectivity index (χ1) is 17.1. The van der Waals surface area contributed by atoms with Crippen molar-refractivity contribution in [3.8, 4) is 5.88 Å². The molecule has 0 spiro atoms. The van der Waals surface area contributed by atoms with Crippen LogP contribution in [0, 0.1) is 0 Å². The van der Waals surface area contributed by atoms with E-state index < -0.39 is 0 Å². The van der Waals surface area contributed by atoms with E-state index in [-0.39, 0.29) is 5.91 Å². The molecule has 0 N–H and O–H groups in total. The van der Waals surface area contributed by atoms with Gasteiger partial charge in [0.05, 0.1) is 37.9 Å². The van der Waals surface area contributed by atoms with Crippen molar-refractivity contribution in [2.45, 2.75) is 38.5 Å². The Morgan fingerprint density at radius 3 is 2.71 bits per heavy atom. The molecule has 0 unspecified atom stereocenters. The van der Waals surface area contributed by atoms with Crippen molar-refractivity contribution in [3.63, 3.8) is 0 Å². The third kappa shape index (κ3) is 4.15. The molecule has 1 aliphatic heterocycles. The molecule has 0 radical (unpaired) electrons. The number of hydrogen-bond donors (Lipinski definition) is 0. The van der Waals surface area contributed by atoms with Crippen LogP contribution in [0.3, 0.4) is 0 Å². The quantitative estimate of drug-likeness (QED) is 0.325. The highest BCUT2D eigenvalue weighted by Gasteiger charge is 2.28. The molecule has 1 amide bonds. The third-order valence-electron chi connectivity index (χ3n) is 6.39. The summed E-state index contributed by atoms with van der Waals surface area (Å²) in [6, 6.07) is 9.69. The summed E-state index contributed by atoms with van der Waals surface area (Å²) < 4.78 is 11.9. The van der Waals surface area contributed by atoms with Crippen LogP contribution in [0.4, 0.5) is 5.69 Å². The second-order valence-electron chi connectivity index (χ2n) is 8.73. The number of carbonyl (C=O) groups is 1. The summed E-state index contributed by atoms with van der Waals surface area (Å²) in [7, 11) is 1.54. The Morgan fingerprint density at radius 1 is 1.14 bits per heavy atom. The second-order valence-corrected chi connectivity index (χ2v) is 9.48. The van der Waals surface area contributed by atoms with E-state index in [1.165, 1.54) is 0 Å². The molecule has 0 saturated heterocycles. The molecule has 2 aliphatic rings. The molecule has 1 aliphatic carbocycles. The molecular weight excluding hydrogens is 510 g/mol. The van der Waals surface area contributed by atoms with Gasteiger partial charge in [0.2, 0.25) is 5.88 Å². The van der Waals surface area contributed by atoms with Crippen LogP contribution in [0.25, 0.3) is 10.9 Å². The Morgan fingerprint density at radius 2 is 1.94 bits per heavy atom. The van der Waals surface area contributed by atoms with E-state index >= 15 is 0 Å². The normalized spacial score (nSPS) is 14.7. The summed E-state index contributed by atoms with van der Waals surface area (Å²) in [5, 5.41) is 1.06. The lowest BCUT2D eigenvalue weighted by atomic mass is 10.0. The molecule has 8 nitrogen and oxygen atoms in total. The summed E-state index contributed by atoms with van der Waals surface area (Å²) >= 11 is 3.58. The number of anilines is 1. The van der Waals surface area contributed by atoms with Crippen LogP contribution in [0.5, 0.6) is 5.88 Å². The molecule has 6 rings (SSSR count). The van der Waals surface area contributed by atoms with Gasteiger partial charge in [0.25, 0.3) is 5.91 Å². The van der Waals surface area contributed by atoms with Crippen molar-refractivity contribution < 1.29 is 14.3 Å². The zero-order valence-electron chi connectivity index (χ0n) is 19.1. The molecule has 4 aromatic rings. The lowest BCUT2D eigenvalue weighted by molar-refractivity contribution is 0.0983. The summed E-state index contributed by atoms with van der Waals surface area (Å²) in [4.78, 5) is 33.3. The Balaban J connectivity index is 1.38. The van der Waals surface area contributed by atoms with Gasteiger partial charge in [-0.2, -0.15) is 0 Å². The third-order valence-corrected chi connectivity index (χ3v) is 7.05. The standard InChI is InChI=1S/C26H22BrN5O3/c1-34-25-22(3-2-8-28-25)32(26(33)17-10-29-24(30-11-17)16-5-6-16)12-15-4-7-18-19-13-35-14-20(19)23(27)31-21(18)9-15/h2-4,7-11,16H,5-6,12-14H2,1H3. The zero-order chi connectivity index (χ0) is 23.9. The van der Waals surface area contributed by atoms with Gasteiger partial charge in [-0.1, -0.05) is 12.1 Å². The number of rotatable bonds is 6. The number of methoxy groups -OCH3 is 1. The number of fused-ring (bicyclic) bond motifs is 3. The molecular formula is C26H22BrN5O3. The molecule has 9 heteroatoms. The van der Waals surface area contributed by atoms with Crippen molar-refractivity contribution in [2.24, 2.45) is 0 Å². The predicted octanol–water partition coefficient (Wildman–Crippen LogP) is 4.95. The largest absolute Gasteiger partial charge is 0.480 e. The molecule has 176 valence electrons. The Hall–Kier alpha value is -3.43. The van der Waals surface area contributed by atoms with Crippen molar-refractivity contribution in [1.82, 2.24) is 19.9 Å². The van der Waals surface area contributed by atoms with Crippen LogP contribution >= 0.6 is 15.9 Å². The first-order valence-corrected chi connectivity index (χ1v) is 12.2. The maximum atomic E-state index is 13.7. The highest BCUT2D eigenvalue weighted by Crippen LogP contribution is 2.38. The minimum absolute atomic E-state index is 0.227. The number of halogens is 1. The molecule has 0 atom stereocenters. The molecule has 0 bridgehead atoms. The number of carbonyl (C=O) groups excluding carboxylic acids is 1. The summed E-state index contributed by atoms with van der Waals surface area (Å²) in [5.74, 6) is 1.36. The maximum Gasteiger partial charge on any atom is 0.261 e. The number of hydrogen-bond acceptors (Lipinski definition) is 7. The number of pyridine rings is 2. The van der Waals surface area contributed by atoms with E-state index in [2.05, 4.69) is 30.9 Å². The number of aromatic nitrogens is 4. The summed E-state index contributed by atoms with van der Waals surface area (Å²) in [6.07, 6.45) is 7.07. The van der Waals surface area contributed by atoms with Crippen LogP contribution in [-0.4, -0.2) is 33.0 Å². The SMILES string of the molecule is COc1ncccc1N(Cc1ccc2c3c(c(Br)nc2c1)COC3)C(=O)c1cnc(C2CC2)nc1. The van der Waals surface area contributed by atoms with Crippen LogP contribution in [0.1, 0.15) is 51.6 Å². The number of ether oxygens (including phenoxy) is 2. The average molecular weight is 532 g/mol.